The van der Waals surface area contributed by atoms with Crippen LogP contribution in [0.4, 0.5) is 4.39 Å². The Labute approximate surface area is 113 Å². The molecule has 1 aromatic carbocycles. The summed E-state index contributed by atoms with van der Waals surface area (Å²) >= 11 is 5.81. The number of benzene rings is 1. The first-order chi connectivity index (χ1) is 8.70. The second-order valence-corrected chi connectivity index (χ2v) is 5.27. The molecule has 1 saturated heterocycles. The molecule has 0 amide bonds. The van der Waals surface area contributed by atoms with Crippen LogP contribution >= 0.6 is 11.6 Å². The lowest BCUT2D eigenvalue weighted by Crippen LogP contribution is -2.36. The van der Waals surface area contributed by atoms with E-state index >= 15 is 0 Å². The van der Waals surface area contributed by atoms with Crippen LogP contribution < -0.4 is 5.32 Å². The molecular formula is C14H20ClFN2. The molecule has 0 aromatic heterocycles. The van der Waals surface area contributed by atoms with E-state index in [2.05, 4.69) is 17.1 Å². The van der Waals surface area contributed by atoms with Gasteiger partial charge < -0.3 is 5.32 Å². The largest absolute Gasteiger partial charge is 0.313 e. The summed E-state index contributed by atoms with van der Waals surface area (Å²) in [6, 6.07) is 5.74. The van der Waals surface area contributed by atoms with Gasteiger partial charge >= 0.3 is 0 Å². The summed E-state index contributed by atoms with van der Waals surface area (Å²) in [5.41, 5.74) is 0.694. The lowest BCUT2D eigenvalue weighted by molar-refractivity contribution is 0.254. The van der Waals surface area contributed by atoms with Crippen molar-refractivity contribution >= 4 is 11.6 Å². The summed E-state index contributed by atoms with van der Waals surface area (Å²) in [5, 5.41) is 3.73. The monoisotopic (exact) mass is 270 g/mol. The first kappa shape index (κ1) is 13.8. The summed E-state index contributed by atoms with van der Waals surface area (Å²) in [4.78, 5) is 2.31. The zero-order valence-corrected chi connectivity index (χ0v) is 11.5. The van der Waals surface area contributed by atoms with Crippen molar-refractivity contribution < 1.29 is 4.39 Å². The summed E-state index contributed by atoms with van der Waals surface area (Å²) < 4.78 is 13.9. The van der Waals surface area contributed by atoms with E-state index in [-0.39, 0.29) is 10.8 Å². The first-order valence-corrected chi connectivity index (χ1v) is 6.97. The van der Waals surface area contributed by atoms with Crippen molar-refractivity contribution in [1.82, 2.24) is 10.2 Å². The molecule has 0 aliphatic carbocycles. The van der Waals surface area contributed by atoms with Gasteiger partial charge in [0.25, 0.3) is 0 Å². The molecule has 1 fully saturated rings. The van der Waals surface area contributed by atoms with Crippen molar-refractivity contribution in [3.8, 4) is 0 Å². The van der Waals surface area contributed by atoms with Crippen molar-refractivity contribution in [2.45, 2.75) is 32.4 Å². The van der Waals surface area contributed by atoms with E-state index in [0.29, 0.717) is 18.2 Å². The summed E-state index contributed by atoms with van der Waals surface area (Å²) in [6.07, 6.45) is 2.22. The zero-order valence-electron chi connectivity index (χ0n) is 10.8. The summed E-state index contributed by atoms with van der Waals surface area (Å²) in [7, 11) is 0. The molecule has 2 nitrogen and oxygen atoms in total. The van der Waals surface area contributed by atoms with Gasteiger partial charge in [-0.15, -0.1) is 0 Å². The predicted octanol–water partition coefficient (Wildman–Crippen LogP) is 3.05. The minimum atomic E-state index is -0.274. The van der Waals surface area contributed by atoms with Crippen LogP contribution in [-0.4, -0.2) is 30.6 Å². The minimum absolute atomic E-state index is 0.215. The molecule has 4 heteroatoms. The molecule has 0 spiro atoms. The summed E-state index contributed by atoms with van der Waals surface area (Å²) in [6.45, 7) is 5.86. The molecule has 1 N–H and O–H groups in total. The van der Waals surface area contributed by atoms with Gasteiger partial charge in [-0.25, -0.2) is 4.39 Å². The quantitative estimate of drug-likeness (QED) is 0.908. The lowest BCUT2D eigenvalue weighted by atomic mass is 10.1. The van der Waals surface area contributed by atoms with E-state index in [0.717, 1.165) is 32.5 Å². The van der Waals surface area contributed by atoms with E-state index in [1.165, 1.54) is 0 Å². The van der Waals surface area contributed by atoms with E-state index in [4.69, 9.17) is 11.6 Å². The third-order valence-electron chi connectivity index (χ3n) is 3.48. The van der Waals surface area contributed by atoms with Crippen LogP contribution in [0.3, 0.4) is 0 Å². The number of rotatable bonds is 3. The Hall–Kier alpha value is -0.640. The molecular weight excluding hydrogens is 251 g/mol. The highest BCUT2D eigenvalue weighted by atomic mass is 35.5. The first-order valence-electron chi connectivity index (χ1n) is 6.59. The highest BCUT2D eigenvalue weighted by Crippen LogP contribution is 2.20. The second kappa shape index (κ2) is 6.50. The molecule has 18 heavy (non-hydrogen) atoms. The highest BCUT2D eigenvalue weighted by Gasteiger charge is 2.17. The van der Waals surface area contributed by atoms with Gasteiger partial charge in [0.05, 0.1) is 5.02 Å². The van der Waals surface area contributed by atoms with Crippen molar-refractivity contribution in [3.63, 3.8) is 0 Å². The molecule has 1 unspecified atom stereocenters. The van der Waals surface area contributed by atoms with E-state index in [9.17, 15) is 4.39 Å². The third-order valence-corrected chi connectivity index (χ3v) is 3.77. The number of halogens is 2. The molecule has 1 heterocycles. The molecule has 2 rings (SSSR count). The Kier molecular flexibility index (Phi) is 4.98. The third kappa shape index (κ3) is 3.44. The van der Waals surface area contributed by atoms with Gasteiger partial charge in [0.2, 0.25) is 0 Å². The number of hydrogen-bond donors (Lipinski definition) is 1. The molecule has 1 atom stereocenters. The zero-order chi connectivity index (χ0) is 13.0. The Morgan fingerprint density at radius 3 is 3.11 bits per heavy atom. The van der Waals surface area contributed by atoms with Crippen LogP contribution in [0, 0.1) is 5.82 Å². The van der Waals surface area contributed by atoms with Crippen molar-refractivity contribution in [2.24, 2.45) is 0 Å². The van der Waals surface area contributed by atoms with Gasteiger partial charge in [0.15, 0.2) is 0 Å². The SMILES string of the molecule is CCC1CN(Cc2cccc(Cl)c2F)CCCN1. The van der Waals surface area contributed by atoms with Gasteiger partial charge in [-0.2, -0.15) is 0 Å². The minimum Gasteiger partial charge on any atom is -0.313 e. The second-order valence-electron chi connectivity index (χ2n) is 4.86. The molecule has 1 aromatic rings. The number of nitrogens with one attached hydrogen (secondary N) is 1. The van der Waals surface area contributed by atoms with Gasteiger partial charge in [-0.05, 0) is 32.0 Å². The maximum absolute atomic E-state index is 13.9. The Morgan fingerprint density at radius 2 is 2.33 bits per heavy atom. The average molecular weight is 271 g/mol. The Morgan fingerprint density at radius 1 is 1.50 bits per heavy atom. The molecule has 1 aliphatic heterocycles. The topological polar surface area (TPSA) is 15.3 Å². The predicted molar refractivity (Wildman–Crippen MR) is 73.4 cm³/mol. The van der Waals surface area contributed by atoms with Crippen LogP contribution in [-0.2, 0) is 6.54 Å². The number of hydrogen-bond acceptors (Lipinski definition) is 2. The standard InChI is InChI=1S/C14H20ClFN2/c1-2-12-10-18(8-4-7-17-12)9-11-5-3-6-13(15)14(11)16/h3,5-6,12,17H,2,4,7-10H2,1H3. The fraction of sp³-hybridized carbons (Fsp3) is 0.571. The van der Waals surface area contributed by atoms with Crippen LogP contribution in [0.25, 0.3) is 0 Å². The van der Waals surface area contributed by atoms with Gasteiger partial charge in [-0.3, -0.25) is 4.90 Å². The Balaban J connectivity index is 2.05. The molecule has 1 aliphatic rings. The van der Waals surface area contributed by atoms with Gasteiger partial charge in [0, 0.05) is 24.7 Å². The fourth-order valence-corrected chi connectivity index (χ4v) is 2.60. The average Bonchev–Trinajstić information content (AvgIpc) is 2.60. The fourth-order valence-electron chi connectivity index (χ4n) is 2.40. The van der Waals surface area contributed by atoms with Crippen molar-refractivity contribution in [3.05, 3.63) is 34.6 Å². The van der Waals surface area contributed by atoms with E-state index in [1.807, 2.05) is 12.1 Å². The highest BCUT2D eigenvalue weighted by molar-refractivity contribution is 6.30. The Bertz CT molecular complexity index is 397. The molecule has 100 valence electrons. The molecule has 0 radical (unpaired) electrons. The molecule has 0 saturated carbocycles. The van der Waals surface area contributed by atoms with Crippen molar-refractivity contribution in [2.75, 3.05) is 19.6 Å². The summed E-state index contributed by atoms with van der Waals surface area (Å²) in [5.74, 6) is -0.274. The van der Waals surface area contributed by atoms with Crippen molar-refractivity contribution in [1.29, 1.82) is 0 Å². The van der Waals surface area contributed by atoms with Gasteiger partial charge in [-0.1, -0.05) is 30.7 Å². The van der Waals surface area contributed by atoms with Crippen LogP contribution in [0.1, 0.15) is 25.3 Å². The van der Waals surface area contributed by atoms with E-state index < -0.39 is 0 Å². The van der Waals surface area contributed by atoms with Crippen LogP contribution in [0.15, 0.2) is 18.2 Å². The maximum Gasteiger partial charge on any atom is 0.146 e. The molecule has 0 bridgehead atoms. The van der Waals surface area contributed by atoms with Crippen LogP contribution in [0.2, 0.25) is 5.02 Å². The van der Waals surface area contributed by atoms with E-state index in [1.54, 1.807) is 6.07 Å². The van der Waals surface area contributed by atoms with Crippen LogP contribution in [0.5, 0.6) is 0 Å². The maximum atomic E-state index is 13.9. The smallest absolute Gasteiger partial charge is 0.146 e. The van der Waals surface area contributed by atoms with Gasteiger partial charge in [0.1, 0.15) is 5.82 Å². The number of nitrogens with zero attached hydrogens (tertiary/aromatic N) is 1. The normalized spacial score (nSPS) is 21.8. The lowest BCUT2D eigenvalue weighted by Gasteiger charge is -2.24.